The van der Waals surface area contributed by atoms with Crippen LogP contribution in [-0.2, 0) is 6.54 Å². The molecule has 0 amide bonds. The van der Waals surface area contributed by atoms with Crippen LogP contribution in [0.15, 0.2) is 47.4 Å². The van der Waals surface area contributed by atoms with Crippen LogP contribution in [-0.4, -0.2) is 14.4 Å². The number of hydrogen-bond donors (Lipinski definition) is 0. The maximum atomic E-state index is 11.6. The van der Waals surface area contributed by atoms with Crippen LogP contribution < -0.4 is 5.56 Å². The van der Waals surface area contributed by atoms with Crippen molar-refractivity contribution in [1.29, 1.82) is 0 Å². The van der Waals surface area contributed by atoms with Crippen LogP contribution in [0.5, 0.6) is 0 Å². The van der Waals surface area contributed by atoms with Gasteiger partial charge < -0.3 is 4.57 Å². The van der Waals surface area contributed by atoms with Crippen molar-refractivity contribution in [3.05, 3.63) is 78.7 Å². The third kappa shape index (κ3) is 2.69. The van der Waals surface area contributed by atoms with Crippen LogP contribution in [0.3, 0.4) is 0 Å². The van der Waals surface area contributed by atoms with E-state index in [9.17, 15) is 25.0 Å². The molecule has 0 aliphatic heterocycles. The van der Waals surface area contributed by atoms with Crippen molar-refractivity contribution in [2.45, 2.75) is 6.54 Å². The summed E-state index contributed by atoms with van der Waals surface area (Å²) in [6.07, 6.45) is 1.49. The zero-order valence-electron chi connectivity index (χ0n) is 10.1. The Morgan fingerprint density at radius 3 is 2.40 bits per heavy atom. The molecular formula is C12H9N3O5. The molecule has 0 bridgehead atoms. The zero-order chi connectivity index (χ0) is 14.7. The average Bonchev–Trinajstić information content (AvgIpc) is 2.41. The molecule has 1 aromatic heterocycles. The summed E-state index contributed by atoms with van der Waals surface area (Å²) in [5.74, 6) is 0. The summed E-state index contributed by atoms with van der Waals surface area (Å²) in [5.41, 5.74) is -0.815. The first-order chi connectivity index (χ1) is 9.49. The third-order valence-corrected chi connectivity index (χ3v) is 2.72. The maximum Gasteiger partial charge on any atom is 0.281 e. The van der Waals surface area contributed by atoms with Gasteiger partial charge in [-0.3, -0.25) is 25.0 Å². The average molecular weight is 275 g/mol. The van der Waals surface area contributed by atoms with Crippen LogP contribution in [0.2, 0.25) is 0 Å². The highest BCUT2D eigenvalue weighted by molar-refractivity contribution is 5.49. The van der Waals surface area contributed by atoms with E-state index in [0.29, 0.717) is 0 Å². The fourth-order valence-corrected chi connectivity index (χ4v) is 1.74. The highest BCUT2D eigenvalue weighted by Crippen LogP contribution is 2.24. The van der Waals surface area contributed by atoms with E-state index in [1.807, 2.05) is 0 Å². The molecule has 0 fully saturated rings. The minimum atomic E-state index is -0.703. The van der Waals surface area contributed by atoms with Crippen molar-refractivity contribution in [1.82, 2.24) is 4.57 Å². The maximum absolute atomic E-state index is 11.6. The number of benzene rings is 1. The molecule has 0 unspecified atom stereocenters. The Labute approximate surface area is 112 Å². The van der Waals surface area contributed by atoms with Crippen LogP contribution >= 0.6 is 0 Å². The van der Waals surface area contributed by atoms with E-state index in [4.69, 9.17) is 0 Å². The van der Waals surface area contributed by atoms with Crippen LogP contribution in [0, 0.1) is 20.2 Å². The van der Waals surface area contributed by atoms with Gasteiger partial charge in [0.1, 0.15) is 0 Å². The first kappa shape index (κ1) is 13.4. The number of non-ortho nitro benzene ring substituents is 1. The predicted molar refractivity (Wildman–Crippen MR) is 69.6 cm³/mol. The summed E-state index contributed by atoms with van der Waals surface area (Å²) < 4.78 is 1.29. The van der Waals surface area contributed by atoms with Gasteiger partial charge in [0.25, 0.3) is 16.9 Å². The largest absolute Gasteiger partial charge is 0.311 e. The molecule has 8 nitrogen and oxygen atoms in total. The smallest absolute Gasteiger partial charge is 0.281 e. The molecule has 2 rings (SSSR count). The molecule has 0 aliphatic rings. The topological polar surface area (TPSA) is 108 Å². The minimum absolute atomic E-state index is 0.0199. The summed E-state index contributed by atoms with van der Waals surface area (Å²) >= 11 is 0. The minimum Gasteiger partial charge on any atom is -0.311 e. The Bertz CT molecular complexity index is 738. The van der Waals surface area contributed by atoms with E-state index in [2.05, 4.69) is 0 Å². The van der Waals surface area contributed by atoms with Crippen molar-refractivity contribution in [3.8, 4) is 0 Å². The number of nitro benzene ring substituents is 2. The monoisotopic (exact) mass is 275 g/mol. The summed E-state index contributed by atoms with van der Waals surface area (Å²) in [7, 11) is 0. The molecule has 1 heterocycles. The van der Waals surface area contributed by atoms with Crippen molar-refractivity contribution >= 4 is 11.4 Å². The molecule has 1 aromatic carbocycles. The number of rotatable bonds is 4. The van der Waals surface area contributed by atoms with E-state index in [1.165, 1.54) is 29.0 Å². The van der Waals surface area contributed by atoms with Crippen molar-refractivity contribution < 1.29 is 9.85 Å². The quantitative estimate of drug-likeness (QED) is 0.623. The Hall–Kier alpha value is -3.03. The van der Waals surface area contributed by atoms with Gasteiger partial charge in [0.15, 0.2) is 0 Å². The lowest BCUT2D eigenvalue weighted by Crippen LogP contribution is -2.18. The van der Waals surface area contributed by atoms with Gasteiger partial charge in [-0.1, -0.05) is 6.07 Å². The first-order valence-corrected chi connectivity index (χ1v) is 5.56. The Kier molecular flexibility index (Phi) is 3.56. The molecule has 0 aliphatic carbocycles. The number of nitrogens with zero attached hydrogens (tertiary/aromatic N) is 3. The summed E-state index contributed by atoms with van der Waals surface area (Å²) in [5, 5.41) is 21.6. The second kappa shape index (κ2) is 5.31. The SMILES string of the molecule is O=c1ccccn1Cc1ccc([N+](=O)[O-])cc1[N+](=O)[O-]. The van der Waals surface area contributed by atoms with Crippen LogP contribution in [0.1, 0.15) is 5.56 Å². The van der Waals surface area contributed by atoms with Gasteiger partial charge in [-0.2, -0.15) is 0 Å². The Balaban J connectivity index is 2.47. The van der Waals surface area contributed by atoms with Crippen molar-refractivity contribution in [2.24, 2.45) is 0 Å². The number of pyridine rings is 1. The molecule has 0 spiro atoms. The lowest BCUT2D eigenvalue weighted by molar-refractivity contribution is -0.394. The molecule has 102 valence electrons. The molecule has 0 N–H and O–H groups in total. The van der Waals surface area contributed by atoms with Gasteiger partial charge in [0.05, 0.1) is 28.0 Å². The van der Waals surface area contributed by atoms with E-state index in [0.717, 1.165) is 6.07 Å². The van der Waals surface area contributed by atoms with Crippen molar-refractivity contribution in [2.75, 3.05) is 0 Å². The van der Waals surface area contributed by atoms with Gasteiger partial charge in [0.2, 0.25) is 0 Å². The fourth-order valence-electron chi connectivity index (χ4n) is 1.74. The Morgan fingerprint density at radius 2 is 1.80 bits per heavy atom. The molecule has 8 heteroatoms. The fraction of sp³-hybridized carbons (Fsp3) is 0.0833. The third-order valence-electron chi connectivity index (χ3n) is 2.72. The first-order valence-electron chi connectivity index (χ1n) is 5.56. The second-order valence-corrected chi connectivity index (χ2v) is 3.99. The van der Waals surface area contributed by atoms with Crippen LogP contribution in [0.4, 0.5) is 11.4 Å². The van der Waals surface area contributed by atoms with E-state index in [-0.39, 0.29) is 29.0 Å². The summed E-state index contributed by atoms with van der Waals surface area (Å²) in [6.45, 7) is -0.0199. The Morgan fingerprint density at radius 1 is 1.05 bits per heavy atom. The van der Waals surface area contributed by atoms with E-state index < -0.39 is 9.85 Å². The van der Waals surface area contributed by atoms with E-state index >= 15 is 0 Å². The number of hydrogen-bond acceptors (Lipinski definition) is 5. The van der Waals surface area contributed by atoms with Gasteiger partial charge in [-0.15, -0.1) is 0 Å². The van der Waals surface area contributed by atoms with Gasteiger partial charge in [0, 0.05) is 18.3 Å². The molecular weight excluding hydrogens is 266 g/mol. The molecule has 2 aromatic rings. The lowest BCUT2D eigenvalue weighted by Gasteiger charge is -2.05. The molecule has 0 radical (unpaired) electrons. The van der Waals surface area contributed by atoms with Gasteiger partial charge >= 0.3 is 0 Å². The molecule has 20 heavy (non-hydrogen) atoms. The summed E-state index contributed by atoms with van der Waals surface area (Å²) in [4.78, 5) is 31.8. The van der Waals surface area contributed by atoms with Gasteiger partial charge in [-0.05, 0) is 12.1 Å². The predicted octanol–water partition coefficient (Wildman–Crippen LogP) is 1.71. The number of nitro groups is 2. The summed E-state index contributed by atoms with van der Waals surface area (Å²) in [6, 6.07) is 7.87. The highest BCUT2D eigenvalue weighted by Gasteiger charge is 2.19. The van der Waals surface area contributed by atoms with Gasteiger partial charge in [-0.25, -0.2) is 0 Å². The zero-order valence-corrected chi connectivity index (χ0v) is 10.1. The molecule has 0 saturated carbocycles. The lowest BCUT2D eigenvalue weighted by atomic mass is 10.1. The van der Waals surface area contributed by atoms with E-state index in [1.54, 1.807) is 12.1 Å². The van der Waals surface area contributed by atoms with Crippen LogP contribution in [0.25, 0.3) is 0 Å². The molecule has 0 saturated heterocycles. The van der Waals surface area contributed by atoms with Crippen molar-refractivity contribution in [3.63, 3.8) is 0 Å². The highest BCUT2D eigenvalue weighted by atomic mass is 16.6. The normalized spacial score (nSPS) is 10.2. The standard InChI is InChI=1S/C12H9N3O5/c16-12-3-1-2-6-13(12)8-9-4-5-10(14(17)18)7-11(9)15(19)20/h1-7H,8H2. The number of aromatic nitrogens is 1. The molecule has 0 atom stereocenters. The second-order valence-electron chi connectivity index (χ2n) is 3.99.